The predicted molar refractivity (Wildman–Crippen MR) is 99.3 cm³/mol. The summed E-state index contributed by atoms with van der Waals surface area (Å²) in [5.41, 5.74) is 2.85. The maximum Gasteiger partial charge on any atom is 0.245 e. The first-order valence-corrected chi connectivity index (χ1v) is 9.84. The van der Waals surface area contributed by atoms with E-state index in [-0.39, 0.29) is 13.3 Å². The van der Waals surface area contributed by atoms with Gasteiger partial charge in [0.2, 0.25) is 22.7 Å². The van der Waals surface area contributed by atoms with Gasteiger partial charge in [-0.1, -0.05) is 18.2 Å². The molecule has 0 fully saturated rings. The highest BCUT2D eigenvalue weighted by molar-refractivity contribution is 7.92. The normalized spacial score (nSPS) is 12.7. The molecule has 0 radical (unpaired) electrons. The van der Waals surface area contributed by atoms with Crippen LogP contribution in [0.15, 0.2) is 36.4 Å². The van der Waals surface area contributed by atoms with Crippen LogP contribution in [0.2, 0.25) is 0 Å². The molecule has 1 N–H and O–H groups in total. The van der Waals surface area contributed by atoms with Crippen molar-refractivity contribution in [3.63, 3.8) is 0 Å². The van der Waals surface area contributed by atoms with Crippen molar-refractivity contribution >= 4 is 27.3 Å². The third kappa shape index (κ3) is 3.75. The van der Waals surface area contributed by atoms with Crippen molar-refractivity contribution in [1.29, 1.82) is 0 Å². The number of ether oxygens (including phenoxy) is 2. The summed E-state index contributed by atoms with van der Waals surface area (Å²) in [6.45, 7) is 3.51. The van der Waals surface area contributed by atoms with Crippen LogP contribution in [0.25, 0.3) is 0 Å². The summed E-state index contributed by atoms with van der Waals surface area (Å²) in [4.78, 5) is 12.5. The molecule has 1 aliphatic heterocycles. The summed E-state index contributed by atoms with van der Waals surface area (Å²) in [5, 5.41) is 2.80. The highest BCUT2D eigenvalue weighted by Gasteiger charge is 2.24. The van der Waals surface area contributed by atoms with Crippen LogP contribution < -0.4 is 19.1 Å². The van der Waals surface area contributed by atoms with Gasteiger partial charge in [0, 0.05) is 11.8 Å². The lowest BCUT2D eigenvalue weighted by atomic mass is 10.1. The van der Waals surface area contributed by atoms with Crippen LogP contribution in [0.1, 0.15) is 11.1 Å². The number of carbonyl (C=O) groups is 1. The number of amides is 1. The monoisotopic (exact) mass is 376 g/mol. The van der Waals surface area contributed by atoms with E-state index in [0.29, 0.717) is 22.9 Å². The first kappa shape index (κ1) is 18.1. The number of hydrogen-bond donors (Lipinski definition) is 1. The molecule has 0 unspecified atom stereocenters. The van der Waals surface area contributed by atoms with Gasteiger partial charge in [-0.3, -0.25) is 9.10 Å². The van der Waals surface area contributed by atoms with Crippen molar-refractivity contribution in [3.8, 4) is 11.5 Å². The minimum Gasteiger partial charge on any atom is -0.454 e. The smallest absolute Gasteiger partial charge is 0.245 e. The van der Waals surface area contributed by atoms with Crippen molar-refractivity contribution in [2.45, 2.75) is 13.8 Å². The highest BCUT2D eigenvalue weighted by Crippen LogP contribution is 2.36. The number of sulfonamides is 1. The van der Waals surface area contributed by atoms with E-state index < -0.39 is 15.9 Å². The van der Waals surface area contributed by atoms with Gasteiger partial charge in [-0.2, -0.15) is 0 Å². The molecule has 1 heterocycles. The maximum absolute atomic E-state index is 12.5. The van der Waals surface area contributed by atoms with Crippen LogP contribution in [0.3, 0.4) is 0 Å². The van der Waals surface area contributed by atoms with Gasteiger partial charge >= 0.3 is 0 Å². The summed E-state index contributed by atoms with van der Waals surface area (Å²) in [7, 11) is -3.67. The van der Waals surface area contributed by atoms with E-state index in [0.717, 1.165) is 21.7 Å². The second kappa shape index (κ2) is 6.87. The van der Waals surface area contributed by atoms with E-state index in [4.69, 9.17) is 9.47 Å². The van der Waals surface area contributed by atoms with Gasteiger partial charge < -0.3 is 14.8 Å². The van der Waals surface area contributed by atoms with Crippen LogP contribution in [-0.2, 0) is 14.8 Å². The topological polar surface area (TPSA) is 84.9 Å². The fraction of sp³-hybridized carbons (Fsp3) is 0.278. The quantitative estimate of drug-likeness (QED) is 0.866. The Kier molecular flexibility index (Phi) is 4.78. The average Bonchev–Trinajstić information content (AvgIpc) is 3.02. The number of nitrogens with one attached hydrogen (secondary N) is 1. The van der Waals surface area contributed by atoms with Crippen molar-refractivity contribution in [2.75, 3.05) is 29.2 Å². The zero-order chi connectivity index (χ0) is 18.9. The zero-order valence-electron chi connectivity index (χ0n) is 14.8. The van der Waals surface area contributed by atoms with Gasteiger partial charge in [0.1, 0.15) is 6.54 Å². The van der Waals surface area contributed by atoms with Gasteiger partial charge in [0.25, 0.3) is 0 Å². The van der Waals surface area contributed by atoms with Gasteiger partial charge in [-0.15, -0.1) is 0 Å². The van der Waals surface area contributed by atoms with Gasteiger partial charge in [0.15, 0.2) is 11.5 Å². The molecule has 0 spiro atoms. The van der Waals surface area contributed by atoms with Crippen molar-refractivity contribution in [2.24, 2.45) is 0 Å². The molecule has 8 heteroatoms. The molecule has 0 bridgehead atoms. The van der Waals surface area contributed by atoms with Gasteiger partial charge in [-0.05, 0) is 37.1 Å². The molecule has 26 heavy (non-hydrogen) atoms. The Morgan fingerprint density at radius 1 is 1.12 bits per heavy atom. The summed E-state index contributed by atoms with van der Waals surface area (Å²) in [5.74, 6) is 0.569. The Bertz CT molecular complexity index is 936. The fourth-order valence-electron chi connectivity index (χ4n) is 2.76. The van der Waals surface area contributed by atoms with Crippen LogP contribution >= 0.6 is 0 Å². The molecule has 0 aliphatic carbocycles. The van der Waals surface area contributed by atoms with E-state index in [1.165, 1.54) is 0 Å². The first-order valence-electron chi connectivity index (χ1n) is 7.99. The molecular formula is C18H20N2O5S. The Labute approximate surface area is 152 Å². The van der Waals surface area contributed by atoms with Crippen molar-refractivity contribution < 1.29 is 22.7 Å². The second-order valence-electron chi connectivity index (χ2n) is 6.12. The number of rotatable bonds is 5. The summed E-state index contributed by atoms with van der Waals surface area (Å²) in [6.07, 6.45) is 1.06. The molecule has 1 amide bonds. The lowest BCUT2D eigenvalue weighted by Gasteiger charge is -2.22. The van der Waals surface area contributed by atoms with E-state index in [1.54, 1.807) is 18.2 Å². The van der Waals surface area contributed by atoms with Crippen LogP contribution in [0.5, 0.6) is 11.5 Å². The van der Waals surface area contributed by atoms with Gasteiger partial charge in [0.05, 0.1) is 11.9 Å². The molecule has 2 aromatic carbocycles. The summed E-state index contributed by atoms with van der Waals surface area (Å²) < 4.78 is 36.0. The molecule has 1 aliphatic rings. The van der Waals surface area contributed by atoms with E-state index in [1.807, 2.05) is 32.0 Å². The van der Waals surface area contributed by atoms with Crippen LogP contribution in [0, 0.1) is 13.8 Å². The fourth-order valence-corrected chi connectivity index (χ4v) is 3.61. The summed E-state index contributed by atoms with van der Waals surface area (Å²) >= 11 is 0. The summed E-state index contributed by atoms with van der Waals surface area (Å²) in [6, 6.07) is 10.4. The minimum atomic E-state index is -3.67. The number of fused-ring (bicyclic) bond motifs is 1. The van der Waals surface area contributed by atoms with E-state index in [9.17, 15) is 13.2 Å². The molecule has 3 rings (SSSR count). The Hall–Kier alpha value is -2.74. The number of anilines is 2. The molecule has 2 aromatic rings. The third-order valence-corrected chi connectivity index (χ3v) is 5.22. The molecule has 0 saturated heterocycles. The maximum atomic E-state index is 12.5. The molecule has 0 atom stereocenters. The van der Waals surface area contributed by atoms with E-state index >= 15 is 0 Å². The lowest BCUT2D eigenvalue weighted by molar-refractivity contribution is -0.114. The minimum absolute atomic E-state index is 0.0880. The first-order chi connectivity index (χ1) is 12.3. The molecule has 0 saturated carbocycles. The number of para-hydroxylation sites is 1. The number of benzene rings is 2. The molecular weight excluding hydrogens is 356 g/mol. The standard InChI is InChI=1S/C18H20N2O5S/c1-12-5-4-6-13(2)18(12)19-17(21)10-20(26(3,22)23)14-7-8-15-16(9-14)25-11-24-15/h4-9H,10-11H2,1-3H3,(H,19,21). The number of nitrogens with zero attached hydrogens (tertiary/aromatic N) is 1. The number of carbonyl (C=O) groups excluding carboxylic acids is 1. The highest BCUT2D eigenvalue weighted by atomic mass is 32.2. The SMILES string of the molecule is Cc1cccc(C)c1NC(=O)CN(c1ccc2c(c1)OCO2)S(C)(=O)=O. The second-order valence-corrected chi connectivity index (χ2v) is 8.03. The lowest BCUT2D eigenvalue weighted by Crippen LogP contribution is -2.37. The molecule has 138 valence electrons. The van der Waals surface area contributed by atoms with Crippen LogP contribution in [0.4, 0.5) is 11.4 Å². The largest absolute Gasteiger partial charge is 0.454 e. The zero-order valence-corrected chi connectivity index (χ0v) is 15.6. The Morgan fingerprint density at radius 2 is 1.77 bits per heavy atom. The number of aryl methyl sites for hydroxylation is 2. The predicted octanol–water partition coefficient (Wildman–Crippen LogP) is 2.44. The van der Waals surface area contributed by atoms with Gasteiger partial charge in [-0.25, -0.2) is 8.42 Å². The third-order valence-electron chi connectivity index (χ3n) is 4.08. The van der Waals surface area contributed by atoms with Crippen LogP contribution in [-0.4, -0.2) is 33.9 Å². The van der Waals surface area contributed by atoms with Crippen molar-refractivity contribution in [3.05, 3.63) is 47.5 Å². The number of hydrogen-bond acceptors (Lipinski definition) is 5. The molecule has 7 nitrogen and oxygen atoms in total. The Balaban J connectivity index is 1.84. The Morgan fingerprint density at radius 3 is 2.42 bits per heavy atom. The van der Waals surface area contributed by atoms with Crippen molar-refractivity contribution in [1.82, 2.24) is 0 Å². The average molecular weight is 376 g/mol. The molecule has 0 aromatic heterocycles. The van der Waals surface area contributed by atoms with E-state index in [2.05, 4.69) is 5.32 Å².